The number of nitrogens with two attached hydrogens (primary N) is 1. The number of rotatable bonds is 3. The maximum absolute atomic E-state index is 6.05. The summed E-state index contributed by atoms with van der Waals surface area (Å²) in [6, 6.07) is 14.6. The summed E-state index contributed by atoms with van der Waals surface area (Å²) in [5.41, 5.74) is 11.2. The summed E-state index contributed by atoms with van der Waals surface area (Å²) >= 11 is 0. The maximum atomic E-state index is 6.05. The minimum atomic E-state index is 0. The van der Waals surface area contributed by atoms with Crippen molar-refractivity contribution in [3.8, 4) is 5.75 Å². The second kappa shape index (κ2) is 7.42. The van der Waals surface area contributed by atoms with E-state index in [0.717, 1.165) is 17.9 Å². The molecule has 0 amide bonds. The van der Waals surface area contributed by atoms with Gasteiger partial charge < -0.3 is 15.8 Å². The van der Waals surface area contributed by atoms with Gasteiger partial charge in [0.1, 0.15) is 5.75 Å². The quantitative estimate of drug-likeness (QED) is 0.439. The highest BCUT2D eigenvalue weighted by molar-refractivity contribution is 14.0. The van der Waals surface area contributed by atoms with Gasteiger partial charge in [0.25, 0.3) is 0 Å². The van der Waals surface area contributed by atoms with Crippen LogP contribution in [-0.2, 0) is 12.8 Å². The largest absolute Gasteiger partial charge is 0.493 e. The molecule has 1 aliphatic carbocycles. The Hall–Kier alpha value is -1.76. The van der Waals surface area contributed by atoms with Crippen LogP contribution in [0.3, 0.4) is 0 Å². The lowest BCUT2D eigenvalue weighted by Gasteiger charge is -2.09. The molecule has 0 saturated carbocycles. The fourth-order valence-electron chi connectivity index (χ4n) is 3.43. The van der Waals surface area contributed by atoms with E-state index in [1.54, 1.807) is 0 Å². The highest BCUT2D eigenvalue weighted by atomic mass is 127. The van der Waals surface area contributed by atoms with E-state index in [1.807, 2.05) is 18.2 Å². The number of ether oxygens (including phenoxy) is 1. The summed E-state index contributed by atoms with van der Waals surface area (Å²) < 4.78 is 5.68. The van der Waals surface area contributed by atoms with Crippen molar-refractivity contribution >= 4 is 35.6 Å². The predicted molar refractivity (Wildman–Crippen MR) is 109 cm³/mol. The van der Waals surface area contributed by atoms with Gasteiger partial charge in [-0.2, -0.15) is 0 Å². The van der Waals surface area contributed by atoms with Crippen LogP contribution >= 0.6 is 24.0 Å². The van der Waals surface area contributed by atoms with Crippen molar-refractivity contribution in [2.45, 2.75) is 25.2 Å². The van der Waals surface area contributed by atoms with E-state index in [2.05, 4.69) is 34.6 Å². The van der Waals surface area contributed by atoms with Crippen LogP contribution in [0, 0.1) is 0 Å². The number of anilines is 1. The van der Waals surface area contributed by atoms with Gasteiger partial charge in [-0.15, -0.1) is 24.0 Å². The fourth-order valence-corrected chi connectivity index (χ4v) is 3.43. The second-order valence-corrected chi connectivity index (χ2v) is 6.23. The van der Waals surface area contributed by atoms with E-state index in [0.29, 0.717) is 19.1 Å². The third-order valence-corrected chi connectivity index (χ3v) is 4.65. The first kappa shape index (κ1) is 17.1. The number of nitrogens with one attached hydrogen (secondary N) is 1. The molecule has 0 bridgehead atoms. The van der Waals surface area contributed by atoms with Gasteiger partial charge in [0.15, 0.2) is 5.96 Å². The standard InChI is InChI=1S/C19H21N3O.HI/c20-19(22-16-9-8-13-4-3-5-14(13)10-16)21-11-15-12-23-18-7-2-1-6-17(15)18;/h1-2,6-10,15H,3-5,11-12H2,(H3,20,21,22);1H. The van der Waals surface area contributed by atoms with E-state index in [9.17, 15) is 0 Å². The summed E-state index contributed by atoms with van der Waals surface area (Å²) in [6.45, 7) is 1.32. The molecule has 0 aromatic heterocycles. The van der Waals surface area contributed by atoms with E-state index in [4.69, 9.17) is 10.5 Å². The minimum absolute atomic E-state index is 0. The Balaban J connectivity index is 0.00000169. The van der Waals surface area contributed by atoms with E-state index >= 15 is 0 Å². The fraction of sp³-hybridized carbons (Fsp3) is 0.316. The van der Waals surface area contributed by atoms with Gasteiger partial charge in [0.2, 0.25) is 0 Å². The summed E-state index contributed by atoms with van der Waals surface area (Å²) in [5.74, 6) is 1.72. The van der Waals surface area contributed by atoms with Crippen LogP contribution in [0.2, 0.25) is 0 Å². The Morgan fingerprint density at radius 1 is 1.17 bits per heavy atom. The number of guanidine groups is 1. The molecular formula is C19H22IN3O. The molecule has 2 aliphatic rings. The lowest BCUT2D eigenvalue weighted by molar-refractivity contribution is 0.333. The zero-order valence-corrected chi connectivity index (χ0v) is 15.8. The maximum Gasteiger partial charge on any atom is 0.193 e. The molecule has 2 aromatic rings. The van der Waals surface area contributed by atoms with Crippen molar-refractivity contribution in [1.29, 1.82) is 0 Å². The first-order valence-electron chi connectivity index (χ1n) is 8.20. The molecule has 1 atom stereocenters. The molecule has 1 heterocycles. The molecule has 0 spiro atoms. The van der Waals surface area contributed by atoms with Crippen LogP contribution in [0.1, 0.15) is 29.0 Å². The molecule has 0 saturated heterocycles. The van der Waals surface area contributed by atoms with Crippen molar-refractivity contribution in [2.24, 2.45) is 10.7 Å². The summed E-state index contributed by atoms with van der Waals surface area (Å²) in [5, 5.41) is 3.21. The smallest absolute Gasteiger partial charge is 0.193 e. The van der Waals surface area contributed by atoms with E-state index in [-0.39, 0.29) is 29.9 Å². The number of hydrogen-bond donors (Lipinski definition) is 2. The van der Waals surface area contributed by atoms with Gasteiger partial charge in [-0.25, -0.2) is 0 Å². The van der Waals surface area contributed by atoms with Crippen molar-refractivity contribution < 1.29 is 4.74 Å². The molecular weight excluding hydrogens is 413 g/mol. The van der Waals surface area contributed by atoms with Crippen LogP contribution in [0.15, 0.2) is 47.5 Å². The molecule has 3 N–H and O–H groups in total. The van der Waals surface area contributed by atoms with Gasteiger partial charge in [0, 0.05) is 17.2 Å². The molecule has 0 radical (unpaired) electrons. The first-order valence-corrected chi connectivity index (χ1v) is 8.20. The van der Waals surface area contributed by atoms with E-state index in [1.165, 1.54) is 29.5 Å². The topological polar surface area (TPSA) is 59.6 Å². The van der Waals surface area contributed by atoms with Gasteiger partial charge in [-0.05, 0) is 48.6 Å². The number of halogens is 1. The first-order chi connectivity index (χ1) is 11.3. The van der Waals surface area contributed by atoms with Crippen molar-refractivity contribution in [2.75, 3.05) is 18.5 Å². The number of para-hydroxylation sites is 1. The zero-order chi connectivity index (χ0) is 15.6. The minimum Gasteiger partial charge on any atom is -0.493 e. The molecule has 2 aromatic carbocycles. The van der Waals surface area contributed by atoms with Gasteiger partial charge in [0.05, 0.1) is 13.2 Å². The van der Waals surface area contributed by atoms with Crippen molar-refractivity contribution in [3.05, 3.63) is 59.2 Å². The van der Waals surface area contributed by atoms with Gasteiger partial charge >= 0.3 is 0 Å². The van der Waals surface area contributed by atoms with Gasteiger partial charge in [-0.1, -0.05) is 24.3 Å². The Morgan fingerprint density at radius 2 is 2.00 bits per heavy atom. The molecule has 1 unspecified atom stereocenters. The predicted octanol–water partition coefficient (Wildman–Crippen LogP) is 3.70. The zero-order valence-electron chi connectivity index (χ0n) is 13.5. The number of aryl methyl sites for hydroxylation is 2. The molecule has 1 aliphatic heterocycles. The van der Waals surface area contributed by atoms with Crippen LogP contribution in [-0.4, -0.2) is 19.1 Å². The lowest BCUT2D eigenvalue weighted by Crippen LogP contribution is -2.24. The average molecular weight is 435 g/mol. The normalized spacial score (nSPS) is 18.3. The third kappa shape index (κ3) is 3.50. The number of nitrogens with zero attached hydrogens (tertiary/aromatic N) is 1. The van der Waals surface area contributed by atoms with Crippen molar-refractivity contribution in [1.82, 2.24) is 0 Å². The van der Waals surface area contributed by atoms with Gasteiger partial charge in [-0.3, -0.25) is 4.99 Å². The summed E-state index contributed by atoms with van der Waals surface area (Å²) in [7, 11) is 0. The average Bonchev–Trinajstić information content (AvgIpc) is 3.19. The SMILES string of the molecule is I.NC(=NCC1COc2ccccc21)Nc1ccc2c(c1)CCC2. The molecule has 4 nitrogen and oxygen atoms in total. The number of fused-ring (bicyclic) bond motifs is 2. The molecule has 5 heteroatoms. The summed E-state index contributed by atoms with van der Waals surface area (Å²) in [4.78, 5) is 4.50. The van der Waals surface area contributed by atoms with Crippen LogP contribution in [0.4, 0.5) is 5.69 Å². The van der Waals surface area contributed by atoms with Crippen LogP contribution < -0.4 is 15.8 Å². The Morgan fingerprint density at radius 3 is 2.92 bits per heavy atom. The second-order valence-electron chi connectivity index (χ2n) is 6.23. The molecule has 24 heavy (non-hydrogen) atoms. The van der Waals surface area contributed by atoms with Crippen LogP contribution in [0.5, 0.6) is 5.75 Å². The number of benzene rings is 2. The Labute approximate surface area is 159 Å². The van der Waals surface area contributed by atoms with Crippen molar-refractivity contribution in [3.63, 3.8) is 0 Å². The molecule has 4 rings (SSSR count). The summed E-state index contributed by atoms with van der Waals surface area (Å²) in [6.07, 6.45) is 3.61. The highest BCUT2D eigenvalue weighted by Gasteiger charge is 2.23. The molecule has 126 valence electrons. The monoisotopic (exact) mass is 435 g/mol. The Bertz CT molecular complexity index is 760. The number of hydrogen-bond acceptors (Lipinski definition) is 2. The number of aliphatic imine (C=N–C) groups is 1. The molecule has 0 fully saturated rings. The lowest BCUT2D eigenvalue weighted by atomic mass is 10.0. The van der Waals surface area contributed by atoms with E-state index < -0.39 is 0 Å². The third-order valence-electron chi connectivity index (χ3n) is 4.65. The van der Waals surface area contributed by atoms with Crippen LogP contribution in [0.25, 0.3) is 0 Å². The Kier molecular flexibility index (Phi) is 5.28. The highest BCUT2D eigenvalue weighted by Crippen LogP contribution is 2.33.